The molecule has 3 aliphatic rings. The molecule has 1 saturated carbocycles. The maximum absolute atomic E-state index is 2.51. The molecule has 0 heterocycles. The number of fused-ring (bicyclic) bond motifs is 10. The zero-order chi connectivity index (χ0) is 41.0. The van der Waals surface area contributed by atoms with Gasteiger partial charge in [0.25, 0.3) is 0 Å². The van der Waals surface area contributed by atoms with Crippen LogP contribution in [0.2, 0.25) is 0 Å². The van der Waals surface area contributed by atoms with Crippen molar-refractivity contribution in [1.29, 1.82) is 0 Å². The van der Waals surface area contributed by atoms with Gasteiger partial charge in [-0.15, -0.1) is 0 Å². The summed E-state index contributed by atoms with van der Waals surface area (Å²) in [5, 5.41) is 0. The molecule has 0 amide bonds. The topological polar surface area (TPSA) is 3.24 Å². The minimum absolute atomic E-state index is 0.407. The van der Waals surface area contributed by atoms with Gasteiger partial charge in [0.05, 0.1) is 5.41 Å². The summed E-state index contributed by atoms with van der Waals surface area (Å²) in [5.41, 5.74) is 22.6. The first-order valence-electron chi connectivity index (χ1n) is 22.5. The fourth-order valence-electron chi connectivity index (χ4n) is 11.3. The molecule has 1 nitrogen and oxygen atoms in total. The Balaban J connectivity index is 1.01. The third-order valence-electron chi connectivity index (χ3n) is 14.1. The summed E-state index contributed by atoms with van der Waals surface area (Å²) < 4.78 is 0. The number of anilines is 3. The van der Waals surface area contributed by atoms with E-state index in [-0.39, 0.29) is 0 Å². The van der Waals surface area contributed by atoms with E-state index in [4.69, 9.17) is 0 Å². The van der Waals surface area contributed by atoms with Crippen LogP contribution in [0.15, 0.2) is 218 Å². The highest BCUT2D eigenvalue weighted by molar-refractivity contribution is 5.97. The Morgan fingerprint density at radius 2 is 0.710 bits per heavy atom. The molecule has 3 aliphatic carbocycles. The number of rotatable bonds is 7. The van der Waals surface area contributed by atoms with Gasteiger partial charge in [0.2, 0.25) is 0 Å². The van der Waals surface area contributed by atoms with Crippen LogP contribution in [0, 0.1) is 0 Å². The average molecular weight is 794 g/mol. The number of nitrogens with zero attached hydrogens (tertiary/aromatic N) is 1. The minimum Gasteiger partial charge on any atom is -0.310 e. The van der Waals surface area contributed by atoms with Crippen LogP contribution in [0.3, 0.4) is 0 Å². The molecule has 0 atom stereocenters. The molecule has 0 aliphatic heterocycles. The molecule has 12 rings (SSSR count). The van der Waals surface area contributed by atoms with Crippen molar-refractivity contribution in [3.63, 3.8) is 0 Å². The van der Waals surface area contributed by atoms with Crippen LogP contribution < -0.4 is 4.90 Å². The van der Waals surface area contributed by atoms with Gasteiger partial charge in [-0.05, 0) is 139 Å². The van der Waals surface area contributed by atoms with Crippen molar-refractivity contribution in [2.45, 2.75) is 43.4 Å². The van der Waals surface area contributed by atoms with Crippen LogP contribution in [0.5, 0.6) is 0 Å². The monoisotopic (exact) mass is 793 g/mol. The van der Waals surface area contributed by atoms with E-state index in [9.17, 15) is 0 Å². The van der Waals surface area contributed by atoms with Gasteiger partial charge in [-0.3, -0.25) is 0 Å². The van der Waals surface area contributed by atoms with Crippen molar-refractivity contribution in [2.24, 2.45) is 0 Å². The Morgan fingerprint density at radius 3 is 1.24 bits per heavy atom. The van der Waals surface area contributed by atoms with E-state index in [1.807, 2.05) is 0 Å². The summed E-state index contributed by atoms with van der Waals surface area (Å²) in [5.74, 6) is 0.651. The van der Waals surface area contributed by atoms with E-state index >= 15 is 0 Å². The first-order chi connectivity index (χ1) is 30.8. The van der Waals surface area contributed by atoms with E-state index in [0.717, 1.165) is 11.4 Å². The molecule has 296 valence electrons. The van der Waals surface area contributed by atoms with Crippen molar-refractivity contribution < 1.29 is 0 Å². The SMILES string of the molecule is c1ccc(-c2ccccc2-c2ccccc2-c2ccc(N(c3ccc(C4CCCCC4)cc3)c3ccc4c(c3)C3(c5ccccc5-c5ccccc53)c3ccccc3-4)cc2)cc1. The molecule has 9 aromatic carbocycles. The van der Waals surface area contributed by atoms with Gasteiger partial charge < -0.3 is 4.90 Å². The molecular weight excluding hydrogens is 747 g/mol. The van der Waals surface area contributed by atoms with E-state index in [0.29, 0.717) is 5.92 Å². The van der Waals surface area contributed by atoms with Gasteiger partial charge in [0, 0.05) is 17.1 Å². The lowest BCUT2D eigenvalue weighted by Crippen LogP contribution is -2.26. The molecule has 1 fully saturated rings. The third kappa shape index (κ3) is 5.76. The summed E-state index contributed by atoms with van der Waals surface area (Å²) >= 11 is 0. The van der Waals surface area contributed by atoms with Gasteiger partial charge in [-0.25, -0.2) is 0 Å². The molecule has 0 saturated heterocycles. The lowest BCUT2D eigenvalue weighted by molar-refractivity contribution is 0.443. The first-order valence-corrected chi connectivity index (χ1v) is 22.5. The van der Waals surface area contributed by atoms with Gasteiger partial charge >= 0.3 is 0 Å². The maximum Gasteiger partial charge on any atom is 0.0726 e. The fourth-order valence-corrected chi connectivity index (χ4v) is 11.3. The van der Waals surface area contributed by atoms with Crippen LogP contribution in [0.25, 0.3) is 55.6 Å². The van der Waals surface area contributed by atoms with Crippen LogP contribution in [0.1, 0.15) is 65.8 Å². The van der Waals surface area contributed by atoms with Crippen molar-refractivity contribution in [1.82, 2.24) is 0 Å². The molecule has 0 N–H and O–H groups in total. The fraction of sp³-hybridized carbons (Fsp3) is 0.115. The van der Waals surface area contributed by atoms with Crippen molar-refractivity contribution in [3.05, 3.63) is 246 Å². The predicted molar refractivity (Wildman–Crippen MR) is 260 cm³/mol. The van der Waals surface area contributed by atoms with Crippen LogP contribution in [-0.4, -0.2) is 0 Å². The van der Waals surface area contributed by atoms with E-state index < -0.39 is 5.41 Å². The van der Waals surface area contributed by atoms with Gasteiger partial charge in [-0.1, -0.05) is 201 Å². The molecule has 1 heteroatoms. The highest BCUT2D eigenvalue weighted by Gasteiger charge is 2.51. The Hall–Kier alpha value is -7.22. The summed E-state index contributed by atoms with van der Waals surface area (Å²) in [6, 6.07) is 81.7. The molecule has 0 unspecified atom stereocenters. The van der Waals surface area contributed by atoms with Crippen molar-refractivity contribution in [2.75, 3.05) is 4.90 Å². The molecule has 1 spiro atoms. The van der Waals surface area contributed by atoms with Gasteiger partial charge in [0.15, 0.2) is 0 Å². The summed E-state index contributed by atoms with van der Waals surface area (Å²) in [7, 11) is 0. The summed E-state index contributed by atoms with van der Waals surface area (Å²) in [4.78, 5) is 2.48. The number of benzene rings is 9. The molecular formula is C61H47N. The Kier molecular flexibility index (Phi) is 8.89. The Labute approximate surface area is 365 Å². The number of hydrogen-bond acceptors (Lipinski definition) is 1. The molecule has 62 heavy (non-hydrogen) atoms. The smallest absolute Gasteiger partial charge is 0.0726 e. The zero-order valence-electron chi connectivity index (χ0n) is 34.8. The third-order valence-corrected chi connectivity index (χ3v) is 14.1. The van der Waals surface area contributed by atoms with Crippen LogP contribution in [-0.2, 0) is 5.41 Å². The zero-order valence-corrected chi connectivity index (χ0v) is 34.8. The Morgan fingerprint density at radius 1 is 0.306 bits per heavy atom. The summed E-state index contributed by atoms with van der Waals surface area (Å²) in [6.45, 7) is 0. The lowest BCUT2D eigenvalue weighted by atomic mass is 9.70. The highest BCUT2D eigenvalue weighted by Crippen LogP contribution is 2.63. The van der Waals surface area contributed by atoms with Crippen LogP contribution in [0.4, 0.5) is 17.1 Å². The second kappa shape index (κ2) is 15.0. The molecule has 0 bridgehead atoms. The first kappa shape index (κ1) is 36.6. The minimum atomic E-state index is -0.407. The van der Waals surface area contributed by atoms with E-state index in [1.165, 1.54) is 121 Å². The van der Waals surface area contributed by atoms with Gasteiger partial charge in [-0.2, -0.15) is 0 Å². The normalized spacial score (nSPS) is 14.5. The van der Waals surface area contributed by atoms with Gasteiger partial charge in [0.1, 0.15) is 0 Å². The van der Waals surface area contributed by atoms with Crippen molar-refractivity contribution in [3.8, 4) is 55.6 Å². The average Bonchev–Trinajstić information content (AvgIpc) is 3.82. The van der Waals surface area contributed by atoms with E-state index in [1.54, 1.807) is 0 Å². The standard InChI is InChI=1S/C61H47N/c1-3-17-42(18-4-1)43-31-35-46(36-32-43)62(47-37-33-45(34-38-47)50-22-8-10-24-52(50)51-23-9-7-21-49(51)44-19-5-2-6-20-44)48-39-40-56-55-27-13-16-30-59(55)61(60(56)41-48)57-28-14-11-25-53(57)54-26-12-15-29-58(54)61/h2,5-16,19-42H,1,3-4,17-18H2. The van der Waals surface area contributed by atoms with Crippen molar-refractivity contribution >= 4 is 17.1 Å². The van der Waals surface area contributed by atoms with Crippen LogP contribution >= 0.6 is 0 Å². The highest BCUT2D eigenvalue weighted by atomic mass is 15.1. The molecule has 9 aromatic rings. The second-order valence-corrected chi connectivity index (χ2v) is 17.4. The summed E-state index contributed by atoms with van der Waals surface area (Å²) in [6.07, 6.45) is 6.60. The molecule has 0 radical (unpaired) electrons. The number of hydrogen-bond donors (Lipinski definition) is 0. The maximum atomic E-state index is 2.51. The lowest BCUT2D eigenvalue weighted by Gasteiger charge is -2.32. The largest absolute Gasteiger partial charge is 0.310 e. The van der Waals surface area contributed by atoms with E-state index in [2.05, 4.69) is 223 Å². The second-order valence-electron chi connectivity index (χ2n) is 17.4. The molecule has 0 aromatic heterocycles. The predicted octanol–water partition coefficient (Wildman–Crippen LogP) is 16.5. The quantitative estimate of drug-likeness (QED) is 0.155. The Bertz CT molecular complexity index is 3030.